The average molecular weight is 270 g/mol. The zero-order valence-corrected chi connectivity index (χ0v) is 12.1. The van der Waals surface area contributed by atoms with Gasteiger partial charge in [-0.1, -0.05) is 32.0 Å². The van der Waals surface area contributed by atoms with E-state index in [0.717, 1.165) is 25.1 Å². The van der Waals surface area contributed by atoms with Gasteiger partial charge in [-0.15, -0.1) is 0 Å². The number of aryl methyl sites for hydroxylation is 1. The molecule has 1 aromatic carbocycles. The number of phenols is 1. The van der Waals surface area contributed by atoms with Crippen LogP contribution in [0.15, 0.2) is 42.6 Å². The number of aromatic nitrogens is 1. The maximum atomic E-state index is 9.36. The summed E-state index contributed by atoms with van der Waals surface area (Å²) in [6, 6.07) is 11.8. The largest absolute Gasteiger partial charge is 0.508 e. The lowest BCUT2D eigenvalue weighted by molar-refractivity contribution is 0.473. The molecular weight excluding hydrogens is 248 g/mol. The number of nitrogens with zero attached hydrogens (tertiary/aromatic N) is 1. The zero-order chi connectivity index (χ0) is 14.4. The van der Waals surface area contributed by atoms with E-state index in [0.29, 0.717) is 5.75 Å². The molecule has 0 saturated carbocycles. The molecule has 0 aliphatic heterocycles. The number of nitrogens with one attached hydrogen (secondary N) is 1. The van der Waals surface area contributed by atoms with Gasteiger partial charge in [0.15, 0.2) is 0 Å². The van der Waals surface area contributed by atoms with E-state index in [9.17, 15) is 5.11 Å². The Hall–Kier alpha value is -1.87. The third-order valence-electron chi connectivity index (χ3n) is 3.59. The standard InChI is InChI=1S/C17H22N2O/c1-3-13-6-5-11-18-17(13)12-19-16(4-2)14-7-9-15(20)10-8-14/h5-11,16,19-20H,3-4,12H2,1-2H3. The van der Waals surface area contributed by atoms with Crippen LogP contribution < -0.4 is 5.32 Å². The second kappa shape index (κ2) is 7.06. The molecule has 106 valence electrons. The van der Waals surface area contributed by atoms with Crippen molar-refractivity contribution in [3.63, 3.8) is 0 Å². The van der Waals surface area contributed by atoms with E-state index < -0.39 is 0 Å². The summed E-state index contributed by atoms with van der Waals surface area (Å²) in [5.74, 6) is 0.307. The van der Waals surface area contributed by atoms with Crippen LogP contribution in [0.3, 0.4) is 0 Å². The number of pyridine rings is 1. The molecule has 1 heterocycles. The molecule has 0 bridgehead atoms. The first-order chi connectivity index (χ1) is 9.74. The first-order valence-corrected chi connectivity index (χ1v) is 7.19. The second-order valence-electron chi connectivity index (χ2n) is 4.90. The van der Waals surface area contributed by atoms with Gasteiger partial charge in [-0.25, -0.2) is 0 Å². The van der Waals surface area contributed by atoms with Gasteiger partial charge in [-0.3, -0.25) is 4.98 Å². The predicted molar refractivity (Wildman–Crippen MR) is 81.6 cm³/mol. The van der Waals surface area contributed by atoms with Crippen molar-refractivity contribution in [2.24, 2.45) is 0 Å². The fourth-order valence-electron chi connectivity index (χ4n) is 2.38. The molecule has 1 unspecified atom stereocenters. The highest BCUT2D eigenvalue weighted by atomic mass is 16.3. The van der Waals surface area contributed by atoms with Crippen molar-refractivity contribution in [3.8, 4) is 5.75 Å². The maximum absolute atomic E-state index is 9.36. The summed E-state index contributed by atoms with van der Waals surface area (Å²) in [4.78, 5) is 4.46. The molecule has 3 nitrogen and oxygen atoms in total. The van der Waals surface area contributed by atoms with Crippen LogP contribution in [0.4, 0.5) is 0 Å². The molecular formula is C17H22N2O. The van der Waals surface area contributed by atoms with Crippen molar-refractivity contribution >= 4 is 0 Å². The Morgan fingerprint density at radius 2 is 1.90 bits per heavy atom. The molecule has 2 N–H and O–H groups in total. The van der Waals surface area contributed by atoms with Crippen molar-refractivity contribution in [1.29, 1.82) is 0 Å². The van der Waals surface area contributed by atoms with E-state index >= 15 is 0 Å². The van der Waals surface area contributed by atoms with Crippen molar-refractivity contribution < 1.29 is 5.11 Å². The van der Waals surface area contributed by atoms with Gasteiger partial charge in [0, 0.05) is 18.8 Å². The van der Waals surface area contributed by atoms with E-state index in [1.165, 1.54) is 11.1 Å². The van der Waals surface area contributed by atoms with Gasteiger partial charge in [0.05, 0.1) is 5.69 Å². The first-order valence-electron chi connectivity index (χ1n) is 7.19. The molecule has 3 heteroatoms. The van der Waals surface area contributed by atoms with Crippen LogP contribution in [0, 0.1) is 0 Å². The minimum Gasteiger partial charge on any atom is -0.508 e. The van der Waals surface area contributed by atoms with E-state index in [2.05, 4.69) is 30.2 Å². The van der Waals surface area contributed by atoms with Gasteiger partial charge in [-0.05, 0) is 42.2 Å². The molecule has 0 fully saturated rings. The Morgan fingerprint density at radius 3 is 2.55 bits per heavy atom. The third kappa shape index (κ3) is 3.58. The molecule has 0 spiro atoms. The normalized spacial score (nSPS) is 12.3. The van der Waals surface area contributed by atoms with Crippen molar-refractivity contribution in [2.75, 3.05) is 0 Å². The summed E-state index contributed by atoms with van der Waals surface area (Å²) >= 11 is 0. The van der Waals surface area contributed by atoms with Crippen molar-refractivity contribution in [1.82, 2.24) is 10.3 Å². The Morgan fingerprint density at radius 1 is 1.15 bits per heavy atom. The Balaban J connectivity index is 2.05. The molecule has 0 radical (unpaired) electrons. The lowest BCUT2D eigenvalue weighted by Crippen LogP contribution is -2.21. The zero-order valence-electron chi connectivity index (χ0n) is 12.1. The highest BCUT2D eigenvalue weighted by Crippen LogP contribution is 2.20. The number of phenolic OH excluding ortho intramolecular Hbond substituents is 1. The fourth-order valence-corrected chi connectivity index (χ4v) is 2.38. The van der Waals surface area contributed by atoms with Crippen LogP contribution in [0.2, 0.25) is 0 Å². The quantitative estimate of drug-likeness (QED) is 0.843. The van der Waals surface area contributed by atoms with Gasteiger partial charge in [0.25, 0.3) is 0 Å². The average Bonchev–Trinajstić information content (AvgIpc) is 2.50. The fraction of sp³-hybridized carbons (Fsp3) is 0.353. The number of benzene rings is 1. The summed E-state index contributed by atoms with van der Waals surface area (Å²) in [6.45, 7) is 5.07. The van der Waals surface area contributed by atoms with Crippen LogP contribution in [-0.4, -0.2) is 10.1 Å². The molecule has 1 aromatic heterocycles. The molecule has 2 rings (SSSR count). The summed E-state index contributed by atoms with van der Waals surface area (Å²) in [5, 5.41) is 12.9. The van der Waals surface area contributed by atoms with Crippen LogP contribution in [0.25, 0.3) is 0 Å². The highest BCUT2D eigenvalue weighted by Gasteiger charge is 2.10. The van der Waals surface area contributed by atoms with Crippen LogP contribution in [0.1, 0.15) is 43.1 Å². The molecule has 0 aliphatic carbocycles. The molecule has 20 heavy (non-hydrogen) atoms. The van der Waals surface area contributed by atoms with E-state index in [1.54, 1.807) is 12.1 Å². The second-order valence-corrected chi connectivity index (χ2v) is 4.90. The SMILES string of the molecule is CCc1cccnc1CNC(CC)c1ccc(O)cc1. The monoisotopic (exact) mass is 270 g/mol. The van der Waals surface area contributed by atoms with E-state index in [-0.39, 0.29) is 6.04 Å². The minimum atomic E-state index is 0.280. The Labute approximate surface area is 120 Å². The van der Waals surface area contributed by atoms with Crippen LogP contribution in [0.5, 0.6) is 5.75 Å². The topological polar surface area (TPSA) is 45.2 Å². The maximum Gasteiger partial charge on any atom is 0.115 e. The Kier molecular flexibility index (Phi) is 5.13. The molecule has 2 aromatic rings. The third-order valence-corrected chi connectivity index (χ3v) is 3.59. The molecule has 0 saturated heterocycles. The van der Waals surface area contributed by atoms with Crippen molar-refractivity contribution in [2.45, 2.75) is 39.3 Å². The van der Waals surface area contributed by atoms with E-state index in [1.807, 2.05) is 24.4 Å². The van der Waals surface area contributed by atoms with Gasteiger partial charge in [0.1, 0.15) is 5.75 Å². The number of hydrogen-bond donors (Lipinski definition) is 2. The lowest BCUT2D eigenvalue weighted by atomic mass is 10.0. The lowest BCUT2D eigenvalue weighted by Gasteiger charge is -2.18. The smallest absolute Gasteiger partial charge is 0.115 e. The summed E-state index contributed by atoms with van der Waals surface area (Å²) < 4.78 is 0. The molecule has 0 amide bonds. The molecule has 0 aliphatic rings. The van der Waals surface area contributed by atoms with Crippen LogP contribution >= 0.6 is 0 Å². The summed E-state index contributed by atoms with van der Waals surface area (Å²) in [6.07, 6.45) is 3.84. The van der Waals surface area contributed by atoms with Gasteiger partial charge in [0.2, 0.25) is 0 Å². The summed E-state index contributed by atoms with van der Waals surface area (Å²) in [5.41, 5.74) is 3.60. The molecule has 1 atom stereocenters. The highest BCUT2D eigenvalue weighted by molar-refractivity contribution is 5.28. The Bertz CT molecular complexity index is 537. The predicted octanol–water partition coefficient (Wildman–Crippen LogP) is 3.59. The number of aromatic hydroxyl groups is 1. The minimum absolute atomic E-state index is 0.280. The number of rotatable bonds is 6. The van der Waals surface area contributed by atoms with Crippen LogP contribution in [-0.2, 0) is 13.0 Å². The summed E-state index contributed by atoms with van der Waals surface area (Å²) in [7, 11) is 0. The van der Waals surface area contributed by atoms with Gasteiger partial charge in [-0.2, -0.15) is 0 Å². The number of hydrogen-bond acceptors (Lipinski definition) is 3. The van der Waals surface area contributed by atoms with Gasteiger partial charge < -0.3 is 10.4 Å². The van der Waals surface area contributed by atoms with Gasteiger partial charge >= 0.3 is 0 Å². The van der Waals surface area contributed by atoms with Crippen molar-refractivity contribution in [3.05, 3.63) is 59.4 Å². The first kappa shape index (κ1) is 14.5. The van der Waals surface area contributed by atoms with E-state index in [4.69, 9.17) is 0 Å².